The number of hydrogen-bond donors (Lipinski definition) is 1. The summed E-state index contributed by atoms with van der Waals surface area (Å²) in [5, 5.41) is 7.69. The fourth-order valence-electron chi connectivity index (χ4n) is 3.46. The van der Waals surface area contributed by atoms with E-state index in [0.717, 1.165) is 18.4 Å². The van der Waals surface area contributed by atoms with Crippen LogP contribution >= 0.6 is 0 Å². The number of aromatic nitrogens is 2. The lowest BCUT2D eigenvalue weighted by atomic mass is 9.90. The fourth-order valence-corrected chi connectivity index (χ4v) is 3.46. The maximum atomic E-state index is 13.0. The zero-order valence-electron chi connectivity index (χ0n) is 17.1. The van der Waals surface area contributed by atoms with Gasteiger partial charge in [0.1, 0.15) is 6.04 Å². The van der Waals surface area contributed by atoms with E-state index in [1.807, 2.05) is 44.2 Å². The van der Waals surface area contributed by atoms with Crippen molar-refractivity contribution in [1.82, 2.24) is 20.4 Å². The molecular weight excluding hydrogens is 356 g/mol. The SMILES string of the molecule is CC(C)c1noc([C@@H](N[C@H](C(=O)N(C)C)c2ccccc2)C2CCOCC2)n1. The molecule has 7 nitrogen and oxygen atoms in total. The fraction of sp³-hybridized carbons (Fsp3) is 0.571. The summed E-state index contributed by atoms with van der Waals surface area (Å²) < 4.78 is 11.2. The molecule has 1 fully saturated rings. The maximum absolute atomic E-state index is 13.0. The van der Waals surface area contributed by atoms with Gasteiger partial charge in [0.25, 0.3) is 0 Å². The summed E-state index contributed by atoms with van der Waals surface area (Å²) in [7, 11) is 3.54. The molecule has 2 aromatic rings. The van der Waals surface area contributed by atoms with Gasteiger partial charge in [-0.15, -0.1) is 0 Å². The highest BCUT2D eigenvalue weighted by Crippen LogP contribution is 2.32. The third kappa shape index (κ3) is 4.77. The van der Waals surface area contributed by atoms with Crippen LogP contribution in [0.15, 0.2) is 34.9 Å². The lowest BCUT2D eigenvalue weighted by molar-refractivity contribution is -0.131. The van der Waals surface area contributed by atoms with Gasteiger partial charge in [0, 0.05) is 33.2 Å². The Morgan fingerprint density at radius 3 is 2.43 bits per heavy atom. The van der Waals surface area contributed by atoms with Crippen molar-refractivity contribution < 1.29 is 14.1 Å². The first-order valence-electron chi connectivity index (χ1n) is 9.90. The van der Waals surface area contributed by atoms with Crippen molar-refractivity contribution in [3.8, 4) is 0 Å². The largest absolute Gasteiger partial charge is 0.381 e. The minimum atomic E-state index is -0.488. The molecule has 0 saturated carbocycles. The summed E-state index contributed by atoms with van der Waals surface area (Å²) in [4.78, 5) is 19.2. The van der Waals surface area contributed by atoms with Crippen molar-refractivity contribution in [1.29, 1.82) is 0 Å². The highest BCUT2D eigenvalue weighted by molar-refractivity contribution is 5.82. The Bertz CT molecular complexity index is 754. The van der Waals surface area contributed by atoms with Crippen LogP contribution in [-0.2, 0) is 9.53 Å². The molecule has 1 aliphatic heterocycles. The average Bonchev–Trinajstić information content (AvgIpc) is 3.20. The first-order chi connectivity index (χ1) is 13.5. The molecular formula is C21H30N4O3. The lowest BCUT2D eigenvalue weighted by Crippen LogP contribution is -2.42. The van der Waals surface area contributed by atoms with E-state index in [9.17, 15) is 4.79 Å². The second-order valence-electron chi connectivity index (χ2n) is 7.82. The van der Waals surface area contributed by atoms with Gasteiger partial charge in [0.2, 0.25) is 11.8 Å². The van der Waals surface area contributed by atoms with Crippen molar-refractivity contribution in [3.63, 3.8) is 0 Å². The molecule has 1 aromatic carbocycles. The van der Waals surface area contributed by atoms with Crippen LogP contribution in [0.2, 0.25) is 0 Å². The van der Waals surface area contributed by atoms with E-state index in [-0.39, 0.29) is 23.8 Å². The third-order valence-corrected chi connectivity index (χ3v) is 5.14. The van der Waals surface area contributed by atoms with Crippen LogP contribution < -0.4 is 5.32 Å². The molecule has 1 saturated heterocycles. The quantitative estimate of drug-likeness (QED) is 0.788. The van der Waals surface area contributed by atoms with Gasteiger partial charge in [0.15, 0.2) is 5.82 Å². The van der Waals surface area contributed by atoms with E-state index in [1.165, 1.54) is 0 Å². The molecule has 1 aliphatic rings. The topological polar surface area (TPSA) is 80.5 Å². The Morgan fingerprint density at radius 2 is 1.86 bits per heavy atom. The summed E-state index contributed by atoms with van der Waals surface area (Å²) in [6.45, 7) is 5.47. The zero-order valence-corrected chi connectivity index (χ0v) is 17.1. The van der Waals surface area contributed by atoms with Crippen LogP contribution in [0.4, 0.5) is 0 Å². The van der Waals surface area contributed by atoms with E-state index in [4.69, 9.17) is 9.26 Å². The Morgan fingerprint density at radius 1 is 1.18 bits per heavy atom. The predicted molar refractivity (Wildman–Crippen MR) is 106 cm³/mol. The first kappa shape index (κ1) is 20.5. The molecule has 7 heteroatoms. The van der Waals surface area contributed by atoms with Gasteiger partial charge in [-0.25, -0.2) is 0 Å². The van der Waals surface area contributed by atoms with Crippen LogP contribution in [-0.4, -0.2) is 48.3 Å². The molecule has 0 radical (unpaired) electrons. The van der Waals surface area contributed by atoms with Gasteiger partial charge in [0.05, 0.1) is 6.04 Å². The van der Waals surface area contributed by atoms with E-state index < -0.39 is 6.04 Å². The molecule has 1 N–H and O–H groups in total. The molecule has 152 valence electrons. The molecule has 28 heavy (non-hydrogen) atoms. The number of ether oxygens (including phenoxy) is 1. The minimum Gasteiger partial charge on any atom is -0.381 e. The van der Waals surface area contributed by atoms with Gasteiger partial charge in [-0.1, -0.05) is 49.3 Å². The number of amides is 1. The molecule has 0 spiro atoms. The number of benzene rings is 1. The number of carbonyl (C=O) groups excluding carboxylic acids is 1. The van der Waals surface area contributed by atoms with Gasteiger partial charge in [-0.2, -0.15) is 4.98 Å². The van der Waals surface area contributed by atoms with Crippen molar-refractivity contribution in [2.24, 2.45) is 5.92 Å². The number of likely N-dealkylation sites (N-methyl/N-ethyl adjacent to an activating group) is 1. The zero-order chi connectivity index (χ0) is 20.1. The Hall–Kier alpha value is -2.25. The van der Waals surface area contributed by atoms with E-state index in [1.54, 1.807) is 19.0 Å². The highest BCUT2D eigenvalue weighted by Gasteiger charge is 2.35. The predicted octanol–water partition coefficient (Wildman–Crippen LogP) is 3.08. The second-order valence-corrected chi connectivity index (χ2v) is 7.82. The van der Waals surface area contributed by atoms with Crippen LogP contribution in [0.5, 0.6) is 0 Å². The minimum absolute atomic E-state index is 0.00754. The van der Waals surface area contributed by atoms with Gasteiger partial charge < -0.3 is 14.2 Å². The smallest absolute Gasteiger partial charge is 0.244 e. The number of carbonyl (C=O) groups is 1. The second kappa shape index (κ2) is 9.30. The molecule has 3 rings (SSSR count). The van der Waals surface area contributed by atoms with Crippen molar-refractivity contribution >= 4 is 5.91 Å². The Balaban J connectivity index is 1.93. The van der Waals surface area contributed by atoms with Gasteiger partial charge >= 0.3 is 0 Å². The first-order valence-corrected chi connectivity index (χ1v) is 9.90. The average molecular weight is 386 g/mol. The number of rotatable bonds is 7. The molecule has 2 heterocycles. The monoisotopic (exact) mass is 386 g/mol. The van der Waals surface area contributed by atoms with Crippen molar-refractivity contribution in [3.05, 3.63) is 47.6 Å². The lowest BCUT2D eigenvalue weighted by Gasteiger charge is -2.32. The van der Waals surface area contributed by atoms with Crippen LogP contribution in [0.1, 0.15) is 62.0 Å². The summed E-state index contributed by atoms with van der Waals surface area (Å²) in [5.74, 6) is 1.66. The van der Waals surface area contributed by atoms with Crippen molar-refractivity contribution in [2.45, 2.75) is 44.7 Å². The Labute approximate surface area is 166 Å². The van der Waals surface area contributed by atoms with E-state index in [2.05, 4.69) is 15.5 Å². The molecule has 0 unspecified atom stereocenters. The van der Waals surface area contributed by atoms with Crippen LogP contribution in [0, 0.1) is 5.92 Å². The molecule has 1 aromatic heterocycles. The summed E-state index contributed by atoms with van der Waals surface area (Å²) in [5.41, 5.74) is 0.918. The highest BCUT2D eigenvalue weighted by atomic mass is 16.5. The van der Waals surface area contributed by atoms with Gasteiger partial charge in [-0.3, -0.25) is 10.1 Å². The number of hydrogen-bond acceptors (Lipinski definition) is 6. The van der Waals surface area contributed by atoms with Crippen LogP contribution in [0.3, 0.4) is 0 Å². The van der Waals surface area contributed by atoms with Gasteiger partial charge in [-0.05, 0) is 24.3 Å². The van der Waals surface area contributed by atoms with Crippen LogP contribution in [0.25, 0.3) is 0 Å². The summed E-state index contributed by atoms with van der Waals surface area (Å²) in [6, 6.07) is 9.07. The molecule has 0 bridgehead atoms. The number of nitrogens with one attached hydrogen (secondary N) is 1. The maximum Gasteiger partial charge on any atom is 0.244 e. The molecule has 2 atom stereocenters. The van der Waals surface area contributed by atoms with E-state index in [0.29, 0.717) is 24.9 Å². The summed E-state index contributed by atoms with van der Waals surface area (Å²) in [6.07, 6.45) is 1.77. The molecule has 0 aliphatic carbocycles. The third-order valence-electron chi connectivity index (χ3n) is 5.14. The summed E-state index contributed by atoms with van der Waals surface area (Å²) >= 11 is 0. The normalized spacial score (nSPS) is 17.5. The Kier molecular flexibility index (Phi) is 6.80. The van der Waals surface area contributed by atoms with Crippen molar-refractivity contribution in [2.75, 3.05) is 27.3 Å². The standard InChI is InChI=1S/C21H30N4O3/c1-14(2)19-23-20(28-24-19)17(16-10-12-27-13-11-16)22-18(21(26)25(3)4)15-8-6-5-7-9-15/h5-9,14,16-18,22H,10-13H2,1-4H3/t17-,18-/m0/s1. The molecule has 1 amide bonds. The number of nitrogens with zero attached hydrogens (tertiary/aromatic N) is 3. The van der Waals surface area contributed by atoms with E-state index >= 15 is 0 Å².